The lowest BCUT2D eigenvalue weighted by atomic mass is 9.93. The SMILES string of the molecule is O=C(CCc1nc(-c2ccc(O)cc2)no1)NCCCNC1=C2C=CC=CC2C(=O)N=N1. The number of carbonyl (C=O) groups is 2. The van der Waals surface area contributed by atoms with Gasteiger partial charge in [0, 0.05) is 37.1 Å². The van der Waals surface area contributed by atoms with Crippen molar-refractivity contribution in [1.29, 1.82) is 0 Å². The topological polar surface area (TPSA) is 142 Å². The minimum atomic E-state index is -0.376. The van der Waals surface area contributed by atoms with Gasteiger partial charge in [-0.2, -0.15) is 4.98 Å². The van der Waals surface area contributed by atoms with E-state index in [1.54, 1.807) is 30.3 Å². The number of hydrogen-bond donors (Lipinski definition) is 3. The Morgan fingerprint density at radius 3 is 2.81 bits per heavy atom. The van der Waals surface area contributed by atoms with Gasteiger partial charge in [0.2, 0.25) is 17.6 Å². The quantitative estimate of drug-likeness (QED) is 0.514. The van der Waals surface area contributed by atoms with E-state index in [2.05, 4.69) is 31.0 Å². The lowest BCUT2D eigenvalue weighted by molar-refractivity contribution is -0.121. The zero-order valence-electron chi connectivity index (χ0n) is 17.2. The summed E-state index contributed by atoms with van der Waals surface area (Å²) < 4.78 is 5.19. The number of allylic oxidation sites excluding steroid dienone is 3. The molecule has 1 unspecified atom stereocenters. The summed E-state index contributed by atoms with van der Waals surface area (Å²) in [7, 11) is 0. The summed E-state index contributed by atoms with van der Waals surface area (Å²) in [5.41, 5.74) is 1.53. The molecule has 2 amide bonds. The number of hydrogen-bond acceptors (Lipinski definition) is 8. The van der Waals surface area contributed by atoms with E-state index in [-0.39, 0.29) is 29.9 Å². The maximum Gasteiger partial charge on any atom is 0.276 e. The van der Waals surface area contributed by atoms with Crippen LogP contribution in [0, 0.1) is 5.92 Å². The fraction of sp³-hybridized carbons (Fsp3) is 0.273. The number of nitrogens with zero attached hydrogens (tertiary/aromatic N) is 4. The van der Waals surface area contributed by atoms with Gasteiger partial charge < -0.3 is 20.3 Å². The molecule has 1 aliphatic carbocycles. The van der Waals surface area contributed by atoms with Crippen LogP contribution in [-0.4, -0.2) is 40.2 Å². The molecule has 2 heterocycles. The number of nitrogens with one attached hydrogen (secondary N) is 2. The highest BCUT2D eigenvalue weighted by molar-refractivity contribution is 5.86. The molecule has 32 heavy (non-hydrogen) atoms. The fourth-order valence-electron chi connectivity index (χ4n) is 3.26. The Hall–Kier alpha value is -4.08. The maximum atomic E-state index is 12.1. The Kier molecular flexibility index (Phi) is 6.49. The van der Waals surface area contributed by atoms with E-state index < -0.39 is 0 Å². The van der Waals surface area contributed by atoms with E-state index in [1.807, 2.05) is 18.2 Å². The van der Waals surface area contributed by atoms with Gasteiger partial charge in [0.25, 0.3) is 5.91 Å². The highest BCUT2D eigenvalue weighted by Crippen LogP contribution is 2.27. The Morgan fingerprint density at radius 2 is 1.97 bits per heavy atom. The number of benzene rings is 1. The summed E-state index contributed by atoms with van der Waals surface area (Å²) in [4.78, 5) is 28.1. The molecule has 2 aromatic rings. The number of azo groups is 1. The Morgan fingerprint density at radius 1 is 1.12 bits per heavy atom. The molecule has 3 N–H and O–H groups in total. The molecular weight excluding hydrogens is 412 g/mol. The van der Waals surface area contributed by atoms with Gasteiger partial charge in [-0.25, -0.2) is 0 Å². The first-order valence-electron chi connectivity index (χ1n) is 10.3. The average Bonchev–Trinajstić information content (AvgIpc) is 3.28. The summed E-state index contributed by atoms with van der Waals surface area (Å²) in [5, 5.41) is 26.9. The summed E-state index contributed by atoms with van der Waals surface area (Å²) in [6.45, 7) is 1.07. The van der Waals surface area contributed by atoms with Gasteiger partial charge in [-0.05, 0) is 30.7 Å². The third kappa shape index (κ3) is 5.15. The second-order valence-corrected chi connectivity index (χ2v) is 7.25. The van der Waals surface area contributed by atoms with E-state index in [0.29, 0.717) is 43.5 Å². The molecule has 1 aromatic carbocycles. The third-order valence-electron chi connectivity index (χ3n) is 4.94. The van der Waals surface area contributed by atoms with Gasteiger partial charge in [-0.3, -0.25) is 9.59 Å². The lowest BCUT2D eigenvalue weighted by Crippen LogP contribution is -2.28. The number of carbonyl (C=O) groups excluding carboxylic acids is 2. The molecule has 10 heteroatoms. The number of rotatable bonds is 9. The number of fused-ring (bicyclic) bond motifs is 1. The molecule has 164 valence electrons. The normalized spacial score (nSPS) is 16.9. The highest BCUT2D eigenvalue weighted by Gasteiger charge is 2.26. The van der Waals surface area contributed by atoms with Crippen LogP contribution in [0.15, 0.2) is 74.7 Å². The van der Waals surface area contributed by atoms with Crippen molar-refractivity contribution >= 4 is 11.8 Å². The van der Waals surface area contributed by atoms with Crippen molar-refractivity contribution < 1.29 is 19.2 Å². The number of aromatic hydroxyl groups is 1. The zero-order valence-corrected chi connectivity index (χ0v) is 17.2. The Balaban J connectivity index is 1.16. The minimum absolute atomic E-state index is 0.111. The fourth-order valence-corrected chi connectivity index (χ4v) is 3.26. The van der Waals surface area contributed by atoms with E-state index in [4.69, 9.17) is 4.52 Å². The van der Waals surface area contributed by atoms with Crippen molar-refractivity contribution in [2.24, 2.45) is 16.1 Å². The Labute approximate surface area is 183 Å². The first-order valence-corrected chi connectivity index (χ1v) is 10.3. The molecule has 1 aromatic heterocycles. The molecular formula is C22H22N6O4. The Bertz CT molecular complexity index is 1110. The van der Waals surface area contributed by atoms with Gasteiger partial charge in [-0.15, -0.1) is 10.2 Å². The van der Waals surface area contributed by atoms with E-state index in [0.717, 1.165) is 11.1 Å². The van der Waals surface area contributed by atoms with Gasteiger partial charge in [0.05, 0.1) is 5.92 Å². The first kappa shape index (κ1) is 21.2. The predicted molar refractivity (Wildman–Crippen MR) is 114 cm³/mol. The van der Waals surface area contributed by atoms with E-state index in [9.17, 15) is 14.7 Å². The van der Waals surface area contributed by atoms with Gasteiger partial charge in [-0.1, -0.05) is 29.5 Å². The largest absolute Gasteiger partial charge is 0.508 e. The van der Waals surface area contributed by atoms with Crippen LogP contribution in [0.2, 0.25) is 0 Å². The van der Waals surface area contributed by atoms with Gasteiger partial charge in [0.1, 0.15) is 5.75 Å². The monoisotopic (exact) mass is 434 g/mol. The average molecular weight is 434 g/mol. The summed E-state index contributed by atoms with van der Waals surface area (Å²) in [6.07, 6.45) is 8.59. The molecule has 1 atom stereocenters. The summed E-state index contributed by atoms with van der Waals surface area (Å²) in [6, 6.07) is 6.47. The minimum Gasteiger partial charge on any atom is -0.508 e. The summed E-state index contributed by atoms with van der Waals surface area (Å²) >= 11 is 0. The maximum absolute atomic E-state index is 12.1. The van der Waals surface area contributed by atoms with Crippen LogP contribution in [0.5, 0.6) is 5.75 Å². The number of phenols is 1. The van der Waals surface area contributed by atoms with Crippen molar-refractivity contribution in [3.05, 3.63) is 65.9 Å². The molecule has 2 aliphatic rings. The molecule has 0 spiro atoms. The second kappa shape index (κ2) is 9.82. The number of phenolic OH excluding ortho intramolecular Hbond substituents is 1. The first-order chi connectivity index (χ1) is 15.6. The molecule has 0 fully saturated rings. The van der Waals surface area contributed by atoms with Crippen molar-refractivity contribution in [3.63, 3.8) is 0 Å². The van der Waals surface area contributed by atoms with Crippen LogP contribution in [0.4, 0.5) is 0 Å². The van der Waals surface area contributed by atoms with E-state index >= 15 is 0 Å². The number of aromatic nitrogens is 2. The molecule has 0 bridgehead atoms. The van der Waals surface area contributed by atoms with Crippen LogP contribution < -0.4 is 10.6 Å². The number of amides is 2. The second-order valence-electron chi connectivity index (χ2n) is 7.25. The van der Waals surface area contributed by atoms with E-state index in [1.165, 1.54) is 0 Å². The van der Waals surface area contributed by atoms with Crippen molar-refractivity contribution in [3.8, 4) is 17.1 Å². The van der Waals surface area contributed by atoms with Crippen LogP contribution in [0.25, 0.3) is 11.4 Å². The molecule has 0 radical (unpaired) electrons. The van der Waals surface area contributed by atoms with Crippen LogP contribution in [-0.2, 0) is 16.0 Å². The van der Waals surface area contributed by atoms with Crippen LogP contribution in [0.3, 0.4) is 0 Å². The van der Waals surface area contributed by atoms with Crippen LogP contribution in [0.1, 0.15) is 18.7 Å². The molecule has 10 nitrogen and oxygen atoms in total. The van der Waals surface area contributed by atoms with Crippen molar-refractivity contribution in [2.75, 3.05) is 13.1 Å². The molecule has 4 rings (SSSR count). The molecule has 1 aliphatic heterocycles. The smallest absolute Gasteiger partial charge is 0.276 e. The van der Waals surface area contributed by atoms with Gasteiger partial charge in [0.15, 0.2) is 5.82 Å². The van der Waals surface area contributed by atoms with Crippen LogP contribution >= 0.6 is 0 Å². The predicted octanol–water partition coefficient (Wildman–Crippen LogP) is 2.42. The molecule has 0 saturated heterocycles. The van der Waals surface area contributed by atoms with Crippen molar-refractivity contribution in [1.82, 2.24) is 20.8 Å². The highest BCUT2D eigenvalue weighted by atomic mass is 16.5. The lowest BCUT2D eigenvalue weighted by Gasteiger charge is -2.20. The zero-order chi connectivity index (χ0) is 22.3. The van der Waals surface area contributed by atoms with Crippen molar-refractivity contribution in [2.45, 2.75) is 19.3 Å². The standard InChI is InChI=1S/C22H22N6O4/c29-15-8-6-14(7-9-15)20-25-19(32-28-20)11-10-18(30)23-12-3-13-24-21-16-4-1-2-5-17(16)22(31)27-26-21/h1-2,4-9,17,24,29H,3,10-13H2,(H,23,30). The third-order valence-corrected chi connectivity index (χ3v) is 4.94. The van der Waals surface area contributed by atoms with Gasteiger partial charge >= 0.3 is 0 Å². The summed E-state index contributed by atoms with van der Waals surface area (Å²) in [5.74, 6) is 0.775. The molecule has 0 saturated carbocycles. The number of aryl methyl sites for hydroxylation is 1.